The Morgan fingerprint density at radius 2 is 1.10 bits per heavy atom. The van der Waals surface area contributed by atoms with Gasteiger partial charge in [0.2, 0.25) is 5.95 Å². The summed E-state index contributed by atoms with van der Waals surface area (Å²) in [5.41, 5.74) is 5.31. The zero-order chi connectivity index (χ0) is 40.9. The van der Waals surface area contributed by atoms with E-state index in [2.05, 4.69) is 0 Å². The Bertz CT molecular complexity index is 3370. The topological polar surface area (TPSA) is 56.7 Å². The molecule has 0 saturated carbocycles. The number of aromatic nitrogens is 4. The molecule has 5 heteroatoms. The van der Waals surface area contributed by atoms with Gasteiger partial charge in [-0.25, -0.2) is 4.98 Å². The van der Waals surface area contributed by atoms with E-state index < -0.39 is 42.3 Å². The third-order valence-electron chi connectivity index (χ3n) is 8.88. The molecule has 7 aromatic carbocycles. The van der Waals surface area contributed by atoms with E-state index in [1.165, 1.54) is 0 Å². The summed E-state index contributed by atoms with van der Waals surface area (Å²) in [4.78, 5) is 15.0. The van der Waals surface area contributed by atoms with Crippen molar-refractivity contribution in [2.45, 2.75) is 0 Å². The molecule has 0 atom stereocenters. The lowest BCUT2D eigenvalue weighted by molar-refractivity contribution is 0.669. The van der Waals surface area contributed by atoms with Crippen molar-refractivity contribution < 1.29 is 16.8 Å². The van der Waals surface area contributed by atoms with Crippen LogP contribution in [0.2, 0.25) is 0 Å². The summed E-state index contributed by atoms with van der Waals surface area (Å²) in [6.07, 6.45) is 0. The zero-order valence-electron chi connectivity index (χ0n) is 35.2. The minimum Gasteiger partial charge on any atom is -0.456 e. The quantitative estimate of drug-likeness (QED) is 0.186. The summed E-state index contributed by atoms with van der Waals surface area (Å²) in [6.45, 7) is 0. The number of hydrogen-bond donors (Lipinski definition) is 0. The number of hydrogen-bond acceptors (Lipinski definition) is 4. The fourth-order valence-corrected chi connectivity index (χ4v) is 6.53. The van der Waals surface area contributed by atoms with E-state index in [4.69, 9.17) is 30.3 Å². The SMILES string of the molecule is [2H]c1c([2H])c([2H])c(-c2ccc3c(c2)c2c([2H])c([2H])c([2H])c([2H])c2n3-c2nc(-c3cccc(-c4ccccc4)c3)nc(-c3ccc4c(c3)oc3ccccc34)n2)c([2H])c1[2H]. The maximum Gasteiger partial charge on any atom is 0.238 e. The molecule has 0 unspecified atom stereocenters. The molecule has 0 fully saturated rings. The van der Waals surface area contributed by atoms with E-state index in [-0.39, 0.29) is 45.9 Å². The fraction of sp³-hybridized carbons (Fsp3) is 0. The third kappa shape index (κ3) is 4.67. The molecular weight excluding hydrogens is 613 g/mol. The first-order valence-electron chi connectivity index (χ1n) is 20.5. The van der Waals surface area contributed by atoms with Gasteiger partial charge in [-0.2, -0.15) is 9.97 Å². The van der Waals surface area contributed by atoms with Crippen LogP contribution in [0.3, 0.4) is 0 Å². The standard InChI is InChI=1S/C45H28N4O/c1-3-12-29(13-4-1)31-16-11-17-33(26-31)43-46-44(34-22-24-37-36-19-8-10-21-41(36)50-42(37)28-34)48-45(47-43)49-39-20-9-7-18-35(39)38-27-32(23-25-40(38)49)30-14-5-2-6-15-30/h1-28H/i2D,5D,6D,7D,9D,14D,15D,18D,20D. The van der Waals surface area contributed by atoms with Gasteiger partial charge >= 0.3 is 0 Å². The van der Waals surface area contributed by atoms with Gasteiger partial charge in [0.1, 0.15) is 11.2 Å². The first-order valence-corrected chi connectivity index (χ1v) is 16.0. The summed E-state index contributed by atoms with van der Waals surface area (Å²) in [5.74, 6) is 0.656. The largest absolute Gasteiger partial charge is 0.456 e. The summed E-state index contributed by atoms with van der Waals surface area (Å²) in [5, 5.41) is 2.38. The second-order valence-electron chi connectivity index (χ2n) is 11.8. The van der Waals surface area contributed by atoms with E-state index in [0.29, 0.717) is 33.4 Å². The van der Waals surface area contributed by atoms with E-state index >= 15 is 0 Å². The number of rotatable bonds is 5. The molecule has 0 aliphatic heterocycles. The molecular formula is C45H28N4O. The molecule has 0 amide bonds. The highest BCUT2D eigenvalue weighted by Gasteiger charge is 2.19. The highest BCUT2D eigenvalue weighted by atomic mass is 16.3. The molecule has 0 spiro atoms. The lowest BCUT2D eigenvalue weighted by atomic mass is 10.0. The fourth-order valence-electron chi connectivity index (χ4n) is 6.53. The van der Waals surface area contributed by atoms with Crippen LogP contribution < -0.4 is 0 Å². The molecule has 3 aromatic heterocycles. The molecule has 0 aliphatic rings. The number of para-hydroxylation sites is 2. The lowest BCUT2D eigenvalue weighted by Gasteiger charge is -2.12. The molecule has 234 valence electrons. The van der Waals surface area contributed by atoms with E-state index in [1.807, 2.05) is 97.1 Å². The molecule has 10 aromatic rings. The lowest BCUT2D eigenvalue weighted by Crippen LogP contribution is -2.06. The maximum absolute atomic E-state index is 9.19. The second-order valence-corrected chi connectivity index (χ2v) is 11.8. The molecule has 50 heavy (non-hydrogen) atoms. The van der Waals surface area contributed by atoms with E-state index in [1.54, 1.807) is 22.8 Å². The molecule has 10 rings (SSSR count). The number of benzene rings is 7. The van der Waals surface area contributed by atoms with Crippen LogP contribution in [0.5, 0.6) is 0 Å². The highest BCUT2D eigenvalue weighted by Crippen LogP contribution is 2.36. The van der Waals surface area contributed by atoms with Gasteiger partial charge in [-0.3, -0.25) is 4.57 Å². The van der Waals surface area contributed by atoms with Gasteiger partial charge in [0.05, 0.1) is 23.4 Å². The molecule has 0 saturated heterocycles. The van der Waals surface area contributed by atoms with Crippen LogP contribution in [0.4, 0.5) is 0 Å². The van der Waals surface area contributed by atoms with Crippen molar-refractivity contribution in [3.05, 3.63) is 170 Å². The van der Waals surface area contributed by atoms with Crippen molar-refractivity contribution in [2.75, 3.05) is 0 Å². The van der Waals surface area contributed by atoms with Crippen molar-refractivity contribution in [3.63, 3.8) is 0 Å². The Morgan fingerprint density at radius 3 is 1.98 bits per heavy atom. The normalized spacial score (nSPS) is 14.1. The van der Waals surface area contributed by atoms with Gasteiger partial charge in [-0.15, -0.1) is 0 Å². The van der Waals surface area contributed by atoms with Crippen molar-refractivity contribution in [1.82, 2.24) is 19.5 Å². The van der Waals surface area contributed by atoms with Crippen LogP contribution in [0.25, 0.3) is 94.7 Å². The van der Waals surface area contributed by atoms with Crippen LogP contribution in [-0.2, 0) is 0 Å². The van der Waals surface area contributed by atoms with Gasteiger partial charge in [0, 0.05) is 32.7 Å². The molecule has 0 bridgehead atoms. The van der Waals surface area contributed by atoms with Crippen molar-refractivity contribution in [3.8, 4) is 51.0 Å². The van der Waals surface area contributed by atoms with Crippen LogP contribution in [0.1, 0.15) is 12.3 Å². The first kappa shape index (κ1) is 20.5. The molecule has 0 aliphatic carbocycles. The van der Waals surface area contributed by atoms with Crippen molar-refractivity contribution in [2.24, 2.45) is 0 Å². The Balaban J connectivity index is 1.27. The Labute approximate surface area is 300 Å². The second kappa shape index (κ2) is 11.4. The van der Waals surface area contributed by atoms with Gasteiger partial charge in [0.25, 0.3) is 0 Å². The van der Waals surface area contributed by atoms with E-state index in [9.17, 15) is 1.37 Å². The number of nitrogens with zero attached hydrogens (tertiary/aromatic N) is 4. The molecule has 3 heterocycles. The number of furan rings is 1. The predicted molar refractivity (Wildman–Crippen MR) is 203 cm³/mol. The Kier molecular flexibility index (Phi) is 4.67. The Morgan fingerprint density at radius 1 is 0.420 bits per heavy atom. The van der Waals surface area contributed by atoms with Crippen molar-refractivity contribution in [1.29, 1.82) is 0 Å². The van der Waals surface area contributed by atoms with Crippen LogP contribution in [-0.4, -0.2) is 19.5 Å². The zero-order valence-corrected chi connectivity index (χ0v) is 26.2. The van der Waals surface area contributed by atoms with Gasteiger partial charge in [-0.1, -0.05) is 127 Å². The maximum atomic E-state index is 9.19. The Hall–Kier alpha value is -6.85. The average Bonchev–Trinajstić information content (AvgIpc) is 3.82. The van der Waals surface area contributed by atoms with Crippen LogP contribution >= 0.6 is 0 Å². The minimum absolute atomic E-state index is 0.0383. The summed E-state index contributed by atoms with van der Waals surface area (Å²) in [6, 6.07) is 32.1. The van der Waals surface area contributed by atoms with Crippen LogP contribution in [0.15, 0.2) is 174 Å². The van der Waals surface area contributed by atoms with E-state index in [0.717, 1.165) is 27.5 Å². The minimum atomic E-state index is -0.522. The molecule has 5 nitrogen and oxygen atoms in total. The van der Waals surface area contributed by atoms with Crippen molar-refractivity contribution >= 4 is 43.7 Å². The first-order chi connectivity index (χ1) is 28.5. The average molecular weight is 650 g/mol. The highest BCUT2D eigenvalue weighted by molar-refractivity contribution is 6.10. The summed E-state index contributed by atoms with van der Waals surface area (Å²) >= 11 is 0. The molecule has 0 radical (unpaired) electrons. The van der Waals surface area contributed by atoms with Gasteiger partial charge < -0.3 is 4.42 Å². The van der Waals surface area contributed by atoms with Crippen LogP contribution in [0, 0.1) is 0 Å². The number of fused-ring (bicyclic) bond motifs is 6. The smallest absolute Gasteiger partial charge is 0.238 e. The third-order valence-corrected chi connectivity index (χ3v) is 8.88. The predicted octanol–water partition coefficient (Wildman–Crippen LogP) is 11.5. The summed E-state index contributed by atoms with van der Waals surface area (Å²) in [7, 11) is 0. The van der Waals surface area contributed by atoms with Gasteiger partial charge in [-0.05, 0) is 64.7 Å². The molecule has 0 N–H and O–H groups in total. The van der Waals surface area contributed by atoms with Gasteiger partial charge in [0.15, 0.2) is 11.6 Å². The monoisotopic (exact) mass is 649 g/mol. The summed E-state index contributed by atoms with van der Waals surface area (Å²) < 4.78 is 85.4.